The molecule has 1 aromatic heterocycles. The molecule has 4 rings (SSSR count). The van der Waals surface area contributed by atoms with Crippen LogP contribution in [0.4, 0.5) is 17.3 Å². The Kier molecular flexibility index (Phi) is 4.83. The van der Waals surface area contributed by atoms with Crippen molar-refractivity contribution in [1.82, 2.24) is 14.9 Å². The topological polar surface area (TPSA) is 91.7 Å². The summed E-state index contributed by atoms with van der Waals surface area (Å²) in [4.78, 5) is 18.5. The largest absolute Gasteiger partial charge is 0.477 e. The molecule has 30 heavy (non-hydrogen) atoms. The molecule has 3 N–H and O–H groups in total. The highest BCUT2D eigenvalue weighted by molar-refractivity contribution is 5.83. The molecule has 0 aliphatic carbocycles. The van der Waals surface area contributed by atoms with Crippen LogP contribution in [0.1, 0.15) is 0 Å². The van der Waals surface area contributed by atoms with E-state index in [0.717, 1.165) is 16.9 Å². The maximum Gasteiger partial charge on any atom is 0.374 e. The first-order valence-electron chi connectivity index (χ1n) is 9.43. The highest BCUT2D eigenvalue weighted by Gasteiger charge is 2.38. The minimum Gasteiger partial charge on any atom is -0.477 e. The van der Waals surface area contributed by atoms with Crippen LogP contribution in [0.5, 0.6) is 5.75 Å². The highest BCUT2D eigenvalue weighted by atomic mass is 16.5. The maximum atomic E-state index is 11.8. The molecule has 1 aliphatic rings. The van der Waals surface area contributed by atoms with Crippen LogP contribution >= 0.6 is 0 Å². The van der Waals surface area contributed by atoms with Gasteiger partial charge in [-0.15, -0.1) is 0 Å². The third-order valence-electron chi connectivity index (χ3n) is 4.92. The normalized spacial score (nSPS) is 17.6. The molecule has 0 radical (unpaired) electrons. The lowest BCUT2D eigenvalue weighted by Crippen LogP contribution is -2.53. The van der Waals surface area contributed by atoms with E-state index in [1.807, 2.05) is 60.9 Å². The average Bonchev–Trinajstić information content (AvgIpc) is 3.03. The molecule has 1 atom stereocenters. The molecule has 8 nitrogen and oxygen atoms in total. The predicted molar refractivity (Wildman–Crippen MR) is 117 cm³/mol. The van der Waals surface area contributed by atoms with Gasteiger partial charge in [0.1, 0.15) is 5.75 Å². The molecular weight excluding hydrogens is 382 g/mol. The lowest BCUT2D eigenvalue weighted by molar-refractivity contribution is -0.152. The van der Waals surface area contributed by atoms with Crippen molar-refractivity contribution in [1.29, 1.82) is 0 Å². The summed E-state index contributed by atoms with van der Waals surface area (Å²) < 4.78 is 7.73. The van der Waals surface area contributed by atoms with Crippen molar-refractivity contribution in [2.24, 2.45) is 7.05 Å². The van der Waals surface area contributed by atoms with Gasteiger partial charge in [-0.2, -0.15) is 0 Å². The van der Waals surface area contributed by atoms with Crippen molar-refractivity contribution in [3.63, 3.8) is 0 Å². The van der Waals surface area contributed by atoms with E-state index < -0.39 is 11.7 Å². The Morgan fingerprint density at radius 2 is 1.97 bits per heavy atom. The number of aromatic nitrogens is 2. The first kappa shape index (κ1) is 19.4. The molecular formula is C22H23N5O3. The number of carbonyl (C=O) groups is 1. The van der Waals surface area contributed by atoms with Crippen molar-refractivity contribution in [3.8, 4) is 5.75 Å². The molecule has 0 fully saturated rings. The van der Waals surface area contributed by atoms with Gasteiger partial charge in [0.05, 0.1) is 11.0 Å². The average molecular weight is 405 g/mol. The van der Waals surface area contributed by atoms with Crippen LogP contribution in [0.15, 0.2) is 66.9 Å². The van der Waals surface area contributed by atoms with Crippen molar-refractivity contribution in [2.75, 3.05) is 24.3 Å². The fourth-order valence-corrected chi connectivity index (χ4v) is 3.22. The third kappa shape index (κ3) is 3.55. The SMILES string of the molecule is CN(C)c1ccc(Nc2nc3cc(OC4(C(=O)O)C=CC=CN4)ccc3n2C)cc1. The smallest absolute Gasteiger partial charge is 0.374 e. The Balaban J connectivity index is 1.60. The number of benzene rings is 2. The van der Waals surface area contributed by atoms with Crippen LogP contribution < -0.4 is 20.3 Å². The van der Waals surface area contributed by atoms with E-state index in [9.17, 15) is 9.90 Å². The number of nitrogens with zero attached hydrogens (tertiary/aromatic N) is 3. The van der Waals surface area contributed by atoms with E-state index in [2.05, 4.69) is 15.6 Å². The van der Waals surface area contributed by atoms with E-state index in [4.69, 9.17) is 4.74 Å². The number of carboxylic acid groups (broad SMARTS) is 1. The van der Waals surface area contributed by atoms with Crippen molar-refractivity contribution in [3.05, 3.63) is 66.9 Å². The second kappa shape index (κ2) is 7.47. The number of anilines is 3. The predicted octanol–water partition coefficient (Wildman–Crippen LogP) is 3.22. The number of ether oxygens (including phenoxy) is 1. The Morgan fingerprint density at radius 1 is 1.20 bits per heavy atom. The minimum absolute atomic E-state index is 0.400. The second-order valence-corrected chi connectivity index (χ2v) is 7.22. The number of fused-ring (bicyclic) bond motifs is 1. The number of allylic oxidation sites excluding steroid dienone is 2. The van der Waals surface area contributed by atoms with E-state index in [0.29, 0.717) is 17.2 Å². The molecule has 1 unspecified atom stereocenters. The molecule has 2 aromatic carbocycles. The van der Waals surface area contributed by atoms with Gasteiger partial charge in [-0.3, -0.25) is 0 Å². The zero-order chi connectivity index (χ0) is 21.3. The zero-order valence-corrected chi connectivity index (χ0v) is 17.0. The van der Waals surface area contributed by atoms with Gasteiger partial charge in [0.2, 0.25) is 5.95 Å². The summed E-state index contributed by atoms with van der Waals surface area (Å²) >= 11 is 0. The summed E-state index contributed by atoms with van der Waals surface area (Å²) in [5, 5.41) is 15.7. The summed E-state index contributed by atoms with van der Waals surface area (Å²) in [6.45, 7) is 0. The summed E-state index contributed by atoms with van der Waals surface area (Å²) in [5.41, 5.74) is 1.97. The summed E-state index contributed by atoms with van der Waals surface area (Å²) in [6.07, 6.45) is 6.34. The highest BCUT2D eigenvalue weighted by Crippen LogP contribution is 2.28. The number of nitrogens with one attached hydrogen (secondary N) is 2. The quantitative estimate of drug-likeness (QED) is 0.580. The molecule has 0 spiro atoms. The fraction of sp³-hybridized carbons (Fsp3) is 0.182. The number of aryl methyl sites for hydroxylation is 1. The number of hydrogen-bond donors (Lipinski definition) is 3. The molecule has 154 valence electrons. The Hall–Kier alpha value is -3.94. The van der Waals surface area contributed by atoms with Crippen molar-refractivity contribution < 1.29 is 14.6 Å². The second-order valence-electron chi connectivity index (χ2n) is 7.22. The third-order valence-corrected chi connectivity index (χ3v) is 4.92. The van der Waals surface area contributed by atoms with Crippen molar-refractivity contribution in [2.45, 2.75) is 5.72 Å². The zero-order valence-electron chi connectivity index (χ0n) is 17.0. The number of hydrogen-bond acceptors (Lipinski definition) is 6. The van der Waals surface area contributed by atoms with Crippen LogP contribution in [0.3, 0.4) is 0 Å². The molecule has 8 heteroatoms. The summed E-state index contributed by atoms with van der Waals surface area (Å²) in [7, 11) is 5.91. The first-order valence-corrected chi connectivity index (χ1v) is 9.43. The number of aliphatic carboxylic acids is 1. The molecule has 2 heterocycles. The van der Waals surface area contributed by atoms with Gasteiger partial charge in [0.25, 0.3) is 5.72 Å². The van der Waals surface area contributed by atoms with Crippen LogP contribution in [0.25, 0.3) is 11.0 Å². The van der Waals surface area contributed by atoms with Crippen LogP contribution in [-0.2, 0) is 11.8 Å². The molecule has 1 aliphatic heterocycles. The molecule has 0 saturated heterocycles. The maximum absolute atomic E-state index is 11.8. The van der Waals surface area contributed by atoms with Gasteiger partial charge in [-0.25, -0.2) is 9.78 Å². The number of imidazole rings is 1. The van der Waals surface area contributed by atoms with Gasteiger partial charge < -0.3 is 29.9 Å². The Morgan fingerprint density at radius 3 is 2.60 bits per heavy atom. The van der Waals surface area contributed by atoms with E-state index >= 15 is 0 Å². The van der Waals surface area contributed by atoms with Gasteiger partial charge in [0.15, 0.2) is 0 Å². The van der Waals surface area contributed by atoms with Crippen LogP contribution in [0, 0.1) is 0 Å². The van der Waals surface area contributed by atoms with Gasteiger partial charge in [0, 0.05) is 44.8 Å². The van der Waals surface area contributed by atoms with Gasteiger partial charge in [-0.05, 0) is 48.6 Å². The number of rotatable bonds is 6. The van der Waals surface area contributed by atoms with E-state index in [1.165, 1.54) is 12.3 Å². The van der Waals surface area contributed by atoms with Crippen LogP contribution in [0.2, 0.25) is 0 Å². The lowest BCUT2D eigenvalue weighted by atomic mass is 10.1. The number of dihydropyridines is 1. The molecule has 0 amide bonds. The van der Waals surface area contributed by atoms with Gasteiger partial charge in [-0.1, -0.05) is 6.08 Å². The summed E-state index contributed by atoms with van der Waals surface area (Å²) in [6, 6.07) is 13.4. The summed E-state index contributed by atoms with van der Waals surface area (Å²) in [5.74, 6) is -0.0589. The van der Waals surface area contributed by atoms with E-state index in [1.54, 1.807) is 24.3 Å². The number of carboxylic acids is 1. The van der Waals surface area contributed by atoms with Crippen LogP contribution in [-0.4, -0.2) is 40.4 Å². The molecule has 0 bridgehead atoms. The standard InChI is InChI=1S/C22H23N5O3/c1-26(2)16-8-6-15(7-9-16)24-21-25-18-14-17(10-11-19(18)27(21)3)30-22(20(28)29)12-4-5-13-23-22/h4-14,23H,1-3H3,(H,24,25)(H,28,29). The Bertz CT molecular complexity index is 1150. The van der Waals surface area contributed by atoms with Gasteiger partial charge >= 0.3 is 5.97 Å². The lowest BCUT2D eigenvalue weighted by Gasteiger charge is -2.28. The van der Waals surface area contributed by atoms with E-state index in [-0.39, 0.29) is 0 Å². The molecule has 3 aromatic rings. The van der Waals surface area contributed by atoms with Crippen molar-refractivity contribution >= 4 is 34.3 Å². The Labute approximate surface area is 174 Å². The first-order chi connectivity index (χ1) is 14.4. The molecule has 0 saturated carbocycles. The fourth-order valence-electron chi connectivity index (χ4n) is 3.22. The minimum atomic E-state index is -1.65. The monoisotopic (exact) mass is 405 g/mol.